The molecule has 186 valence electrons. The van der Waals surface area contributed by atoms with Gasteiger partial charge < -0.3 is 16.0 Å². The van der Waals surface area contributed by atoms with Gasteiger partial charge in [-0.15, -0.1) is 0 Å². The van der Waals surface area contributed by atoms with E-state index in [0.717, 1.165) is 24.4 Å². The highest BCUT2D eigenvalue weighted by molar-refractivity contribution is 6.04. The fraction of sp³-hybridized carbons (Fsp3) is 0.222. The van der Waals surface area contributed by atoms with Gasteiger partial charge in [-0.05, 0) is 43.8 Å². The van der Waals surface area contributed by atoms with Crippen molar-refractivity contribution in [1.82, 2.24) is 29.2 Å². The average Bonchev–Trinajstić information content (AvgIpc) is 3.60. The Kier molecular flexibility index (Phi) is 5.45. The second-order valence-electron chi connectivity index (χ2n) is 9.39. The molecule has 0 aliphatic carbocycles. The standard InChI is InChI=1S/C27H26N8O2/c1-3-21(36)35-18-14-19(33(2)15-18)23(35)26-32-22(24-25(28)30-12-13-34(24)26)16-7-9-17(10-8-16)27(37)31-20-6-4-5-11-29-20/h3-13,18-19,23H,1,14-15H2,2H3,(H2,28,30)(H,29,31,37)/t18-,19-,23?/m0/s1. The number of likely N-dealkylation sites (tertiary alicyclic amines) is 2. The van der Waals surface area contributed by atoms with Gasteiger partial charge in [0.15, 0.2) is 0 Å². The lowest BCUT2D eigenvalue weighted by atomic mass is 10.1. The van der Waals surface area contributed by atoms with Crippen LogP contribution in [-0.2, 0) is 4.79 Å². The first kappa shape index (κ1) is 22.9. The molecule has 10 nitrogen and oxygen atoms in total. The largest absolute Gasteiger partial charge is 0.382 e. The molecule has 4 aromatic rings. The molecule has 2 fully saturated rings. The van der Waals surface area contributed by atoms with Crippen LogP contribution in [0.1, 0.15) is 28.6 Å². The van der Waals surface area contributed by atoms with Crippen LogP contribution < -0.4 is 11.1 Å². The van der Waals surface area contributed by atoms with E-state index in [0.29, 0.717) is 28.4 Å². The fourth-order valence-electron chi connectivity index (χ4n) is 5.61. The van der Waals surface area contributed by atoms with Crippen molar-refractivity contribution in [2.75, 3.05) is 24.6 Å². The number of hydrogen-bond acceptors (Lipinski definition) is 7. The van der Waals surface area contributed by atoms with E-state index in [1.54, 1.807) is 36.7 Å². The number of amides is 2. The predicted octanol–water partition coefficient (Wildman–Crippen LogP) is 2.77. The van der Waals surface area contributed by atoms with Crippen LogP contribution in [0.3, 0.4) is 0 Å². The molecule has 1 aromatic carbocycles. The summed E-state index contributed by atoms with van der Waals surface area (Å²) < 4.78 is 1.93. The lowest BCUT2D eigenvalue weighted by Crippen LogP contribution is -2.49. The molecule has 37 heavy (non-hydrogen) atoms. The normalized spacial score (nSPS) is 20.9. The number of nitrogens with two attached hydrogens (primary N) is 1. The van der Waals surface area contributed by atoms with Gasteiger partial charge in [-0.25, -0.2) is 15.0 Å². The molecule has 3 atom stereocenters. The highest BCUT2D eigenvalue weighted by atomic mass is 16.2. The summed E-state index contributed by atoms with van der Waals surface area (Å²) in [7, 11) is 2.08. The minimum atomic E-state index is -0.259. The minimum Gasteiger partial charge on any atom is -0.382 e. The summed E-state index contributed by atoms with van der Waals surface area (Å²) in [6, 6.07) is 12.5. The zero-order chi connectivity index (χ0) is 25.7. The Morgan fingerprint density at radius 1 is 1.14 bits per heavy atom. The first-order valence-corrected chi connectivity index (χ1v) is 12.1. The summed E-state index contributed by atoms with van der Waals surface area (Å²) in [5, 5.41) is 2.79. The van der Waals surface area contributed by atoms with Crippen LogP contribution in [0.25, 0.3) is 16.8 Å². The molecule has 2 amide bonds. The number of piperazine rings is 1. The maximum Gasteiger partial charge on any atom is 0.256 e. The van der Waals surface area contributed by atoms with Crippen molar-refractivity contribution in [2.24, 2.45) is 0 Å². The van der Waals surface area contributed by atoms with Crippen LogP contribution in [-0.4, -0.2) is 66.6 Å². The number of anilines is 2. The van der Waals surface area contributed by atoms with Crippen molar-refractivity contribution >= 4 is 29.0 Å². The molecule has 2 aliphatic heterocycles. The van der Waals surface area contributed by atoms with Crippen LogP contribution in [0.2, 0.25) is 0 Å². The van der Waals surface area contributed by atoms with E-state index in [2.05, 4.69) is 33.8 Å². The summed E-state index contributed by atoms with van der Waals surface area (Å²) in [6.45, 7) is 4.54. The molecule has 5 heterocycles. The van der Waals surface area contributed by atoms with Crippen molar-refractivity contribution in [3.05, 3.63) is 85.1 Å². The maximum atomic E-state index is 12.9. The third kappa shape index (κ3) is 3.73. The van der Waals surface area contributed by atoms with Gasteiger partial charge in [0, 0.05) is 48.3 Å². The summed E-state index contributed by atoms with van der Waals surface area (Å²) in [4.78, 5) is 43.2. The van der Waals surface area contributed by atoms with Gasteiger partial charge in [-0.1, -0.05) is 24.8 Å². The van der Waals surface area contributed by atoms with Crippen molar-refractivity contribution < 1.29 is 9.59 Å². The number of rotatable bonds is 5. The van der Waals surface area contributed by atoms with E-state index in [-0.39, 0.29) is 29.9 Å². The molecule has 2 saturated heterocycles. The van der Waals surface area contributed by atoms with E-state index in [9.17, 15) is 9.59 Å². The molecule has 0 radical (unpaired) electrons. The SMILES string of the molecule is C=CC(=O)N1C(c2nc(-c3ccc(C(=O)Nc4ccccn4)cc3)c3c(N)nccn23)[C@@H]2C[C@H]1CN2C. The number of fused-ring (bicyclic) bond motifs is 3. The molecule has 1 unspecified atom stereocenters. The summed E-state index contributed by atoms with van der Waals surface area (Å²) in [6.07, 6.45) is 7.34. The zero-order valence-corrected chi connectivity index (χ0v) is 20.3. The van der Waals surface area contributed by atoms with Crippen molar-refractivity contribution in [3.63, 3.8) is 0 Å². The highest BCUT2D eigenvalue weighted by Gasteiger charge is 2.52. The number of benzene rings is 1. The van der Waals surface area contributed by atoms with Gasteiger partial charge in [0.1, 0.15) is 34.7 Å². The summed E-state index contributed by atoms with van der Waals surface area (Å²) in [5.74, 6) is 1.19. The Morgan fingerprint density at radius 3 is 2.68 bits per heavy atom. The Morgan fingerprint density at radius 2 is 1.95 bits per heavy atom. The topological polar surface area (TPSA) is 122 Å². The Bertz CT molecular complexity index is 1510. The number of pyridine rings is 1. The third-order valence-electron chi connectivity index (χ3n) is 7.27. The quantitative estimate of drug-likeness (QED) is 0.409. The van der Waals surface area contributed by atoms with E-state index in [1.165, 1.54) is 6.08 Å². The number of hydrogen-bond donors (Lipinski definition) is 2. The number of nitrogen functional groups attached to an aromatic ring is 1. The minimum absolute atomic E-state index is 0.103. The fourth-order valence-corrected chi connectivity index (χ4v) is 5.61. The number of nitrogens with zero attached hydrogens (tertiary/aromatic N) is 6. The van der Waals surface area contributed by atoms with Gasteiger partial charge >= 0.3 is 0 Å². The van der Waals surface area contributed by atoms with Gasteiger partial charge in [-0.2, -0.15) is 0 Å². The van der Waals surface area contributed by atoms with Crippen molar-refractivity contribution in [3.8, 4) is 11.3 Å². The van der Waals surface area contributed by atoms with Crippen LogP contribution >= 0.6 is 0 Å². The predicted molar refractivity (Wildman–Crippen MR) is 140 cm³/mol. The molecule has 0 spiro atoms. The molecular formula is C27H26N8O2. The second-order valence-corrected chi connectivity index (χ2v) is 9.39. The van der Waals surface area contributed by atoms with E-state index in [1.807, 2.05) is 33.7 Å². The number of likely N-dealkylation sites (N-methyl/N-ethyl adjacent to an activating group) is 1. The first-order valence-electron chi connectivity index (χ1n) is 12.1. The molecule has 2 bridgehead atoms. The van der Waals surface area contributed by atoms with E-state index in [4.69, 9.17) is 10.7 Å². The number of carbonyl (C=O) groups is 2. The Labute approximate surface area is 213 Å². The molecule has 0 saturated carbocycles. The van der Waals surface area contributed by atoms with Crippen molar-refractivity contribution in [2.45, 2.75) is 24.5 Å². The van der Waals surface area contributed by atoms with E-state index < -0.39 is 0 Å². The average molecular weight is 495 g/mol. The molecule has 3 aromatic heterocycles. The number of carbonyl (C=O) groups excluding carboxylic acids is 2. The highest BCUT2D eigenvalue weighted by Crippen LogP contribution is 2.45. The Hall–Kier alpha value is -4.57. The van der Waals surface area contributed by atoms with Crippen LogP contribution in [0.15, 0.2) is 73.7 Å². The lowest BCUT2D eigenvalue weighted by Gasteiger charge is -2.38. The van der Waals surface area contributed by atoms with Crippen LogP contribution in [0, 0.1) is 0 Å². The number of imidazole rings is 1. The Balaban J connectivity index is 1.40. The zero-order valence-electron chi connectivity index (χ0n) is 20.3. The maximum absolute atomic E-state index is 12.9. The summed E-state index contributed by atoms with van der Waals surface area (Å²) in [5.41, 5.74) is 8.93. The van der Waals surface area contributed by atoms with E-state index >= 15 is 0 Å². The lowest BCUT2D eigenvalue weighted by molar-refractivity contribution is -0.131. The van der Waals surface area contributed by atoms with Crippen molar-refractivity contribution in [1.29, 1.82) is 0 Å². The smallest absolute Gasteiger partial charge is 0.256 e. The van der Waals surface area contributed by atoms with Gasteiger partial charge in [0.05, 0.1) is 0 Å². The molecule has 3 N–H and O–H groups in total. The third-order valence-corrected chi connectivity index (χ3v) is 7.27. The first-order chi connectivity index (χ1) is 18.0. The molecule has 2 aliphatic rings. The molecule has 10 heteroatoms. The van der Waals surface area contributed by atoms with Gasteiger partial charge in [0.25, 0.3) is 5.91 Å². The monoisotopic (exact) mass is 494 g/mol. The molecular weight excluding hydrogens is 468 g/mol. The van der Waals surface area contributed by atoms with Gasteiger partial charge in [-0.3, -0.25) is 18.9 Å². The summed E-state index contributed by atoms with van der Waals surface area (Å²) >= 11 is 0. The molecule has 6 rings (SSSR count). The number of nitrogens with one attached hydrogen (secondary N) is 1. The number of aromatic nitrogens is 4. The van der Waals surface area contributed by atoms with Crippen LogP contribution in [0.4, 0.5) is 11.6 Å². The second kappa shape index (κ2) is 8.82. The van der Waals surface area contributed by atoms with Gasteiger partial charge in [0.2, 0.25) is 5.91 Å². The van der Waals surface area contributed by atoms with Crippen LogP contribution in [0.5, 0.6) is 0 Å².